The third kappa shape index (κ3) is 4.70. The first kappa shape index (κ1) is 15.1. The Labute approximate surface area is 113 Å². The normalized spacial score (nSPS) is 17.7. The van der Waals surface area contributed by atoms with Gasteiger partial charge in [-0.15, -0.1) is 5.73 Å². The molecule has 0 atom stereocenters. The smallest absolute Gasteiger partial charge is 0.00542 e. The van der Waals surface area contributed by atoms with Crippen molar-refractivity contribution in [1.82, 2.24) is 0 Å². The van der Waals surface area contributed by atoms with Gasteiger partial charge in [0.2, 0.25) is 0 Å². The average molecular weight is 244 g/mol. The molecule has 0 aromatic heterocycles. The van der Waals surface area contributed by atoms with E-state index in [0.717, 1.165) is 12.3 Å². The Morgan fingerprint density at radius 2 is 1.83 bits per heavy atom. The van der Waals surface area contributed by atoms with Gasteiger partial charge in [-0.1, -0.05) is 70.9 Å². The summed E-state index contributed by atoms with van der Waals surface area (Å²) < 4.78 is 0. The van der Waals surface area contributed by atoms with Crippen molar-refractivity contribution in [3.8, 4) is 0 Å². The summed E-state index contributed by atoms with van der Waals surface area (Å²) >= 11 is 0. The van der Waals surface area contributed by atoms with E-state index >= 15 is 0 Å². The molecular weight excluding hydrogens is 216 g/mol. The fourth-order valence-corrected chi connectivity index (χ4v) is 2.58. The van der Waals surface area contributed by atoms with Gasteiger partial charge >= 0.3 is 0 Å². The van der Waals surface area contributed by atoms with Gasteiger partial charge in [0.1, 0.15) is 0 Å². The predicted molar refractivity (Wildman–Crippen MR) is 81.6 cm³/mol. The number of rotatable bonds is 4. The molecule has 0 heteroatoms. The third-order valence-electron chi connectivity index (χ3n) is 3.90. The van der Waals surface area contributed by atoms with Gasteiger partial charge in [-0.2, -0.15) is 0 Å². The Kier molecular flexibility index (Phi) is 5.69. The van der Waals surface area contributed by atoms with Gasteiger partial charge in [-0.25, -0.2) is 0 Å². The number of hydrogen-bond acceptors (Lipinski definition) is 0. The lowest BCUT2D eigenvalue weighted by Crippen LogP contribution is -2.08. The monoisotopic (exact) mass is 244 g/mol. The van der Waals surface area contributed by atoms with Crippen LogP contribution in [0.25, 0.3) is 0 Å². The molecule has 1 aliphatic carbocycles. The first-order valence-corrected chi connectivity index (χ1v) is 7.20. The zero-order valence-electron chi connectivity index (χ0n) is 12.4. The highest BCUT2D eigenvalue weighted by Gasteiger charge is 2.16. The first-order chi connectivity index (χ1) is 8.45. The van der Waals surface area contributed by atoms with Crippen LogP contribution in [0.3, 0.4) is 0 Å². The van der Waals surface area contributed by atoms with Crippen LogP contribution in [-0.2, 0) is 0 Å². The fourth-order valence-electron chi connectivity index (χ4n) is 2.58. The molecule has 0 saturated heterocycles. The Morgan fingerprint density at radius 3 is 2.33 bits per heavy atom. The molecule has 0 radical (unpaired) electrons. The second-order valence-corrected chi connectivity index (χ2v) is 6.42. The van der Waals surface area contributed by atoms with Crippen molar-refractivity contribution in [1.29, 1.82) is 0 Å². The lowest BCUT2D eigenvalue weighted by molar-refractivity contribution is 0.409. The molecular formula is C18H28. The van der Waals surface area contributed by atoms with Gasteiger partial charge in [0.25, 0.3) is 0 Å². The van der Waals surface area contributed by atoms with Crippen molar-refractivity contribution in [2.75, 3.05) is 0 Å². The summed E-state index contributed by atoms with van der Waals surface area (Å²) in [5.41, 5.74) is 5.83. The zero-order valence-corrected chi connectivity index (χ0v) is 12.4. The summed E-state index contributed by atoms with van der Waals surface area (Å²) in [6, 6.07) is 0. The van der Waals surface area contributed by atoms with E-state index < -0.39 is 0 Å². The Bertz CT molecular complexity index is 350. The molecule has 0 N–H and O–H groups in total. The number of allylic oxidation sites excluding steroid dienone is 4. The van der Waals surface area contributed by atoms with Gasteiger partial charge in [0.15, 0.2) is 0 Å². The van der Waals surface area contributed by atoms with Crippen molar-refractivity contribution in [3.63, 3.8) is 0 Å². The summed E-state index contributed by atoms with van der Waals surface area (Å²) in [4.78, 5) is 0. The van der Waals surface area contributed by atoms with E-state index in [1.165, 1.54) is 43.3 Å². The zero-order chi connectivity index (χ0) is 13.6. The standard InChI is InChI=1S/C18H28/c1-6-17(18(3,4)5)14-10-11-15(2)16-12-8-7-9-13-16/h10-11,16H,1-2,7-9,12-14H2,3-5H3/b11-10-. The Hall–Kier alpha value is -1.00. The van der Waals surface area contributed by atoms with Crippen molar-refractivity contribution < 1.29 is 0 Å². The molecule has 0 unspecified atom stereocenters. The van der Waals surface area contributed by atoms with Crippen LogP contribution in [0.1, 0.15) is 59.3 Å². The molecule has 1 aliphatic rings. The van der Waals surface area contributed by atoms with Gasteiger partial charge in [0, 0.05) is 0 Å². The van der Waals surface area contributed by atoms with Crippen LogP contribution in [0.4, 0.5) is 0 Å². The van der Waals surface area contributed by atoms with Crippen LogP contribution in [0.2, 0.25) is 0 Å². The predicted octanol–water partition coefficient (Wildman–Crippen LogP) is 5.83. The summed E-state index contributed by atoms with van der Waals surface area (Å²) in [6.07, 6.45) is 12.2. The fraction of sp³-hybridized carbons (Fsp3) is 0.611. The van der Waals surface area contributed by atoms with Crippen LogP contribution in [0, 0.1) is 11.3 Å². The Morgan fingerprint density at radius 1 is 1.22 bits per heavy atom. The molecule has 0 bridgehead atoms. The summed E-state index contributed by atoms with van der Waals surface area (Å²) in [6.45, 7) is 14.7. The highest BCUT2D eigenvalue weighted by atomic mass is 14.2. The van der Waals surface area contributed by atoms with Gasteiger partial charge in [-0.05, 0) is 36.2 Å². The van der Waals surface area contributed by atoms with E-state index in [0.29, 0.717) is 0 Å². The molecule has 1 saturated carbocycles. The average Bonchev–Trinajstić information content (AvgIpc) is 2.34. The largest absolute Gasteiger partial charge is 0.129 e. The van der Waals surface area contributed by atoms with Crippen LogP contribution in [0.15, 0.2) is 42.2 Å². The van der Waals surface area contributed by atoms with E-state index in [1.54, 1.807) is 0 Å². The SMILES string of the molecule is C=C=C(C/C=C\C(=C)C1CCCCC1)C(C)(C)C. The van der Waals surface area contributed by atoms with Crippen molar-refractivity contribution in [2.24, 2.45) is 11.3 Å². The molecule has 0 spiro atoms. The van der Waals surface area contributed by atoms with Crippen molar-refractivity contribution >= 4 is 0 Å². The molecule has 0 aliphatic heterocycles. The maximum Gasteiger partial charge on any atom is -0.00542 e. The number of hydrogen-bond donors (Lipinski definition) is 0. The van der Waals surface area contributed by atoms with Gasteiger partial charge < -0.3 is 0 Å². The second-order valence-electron chi connectivity index (χ2n) is 6.42. The molecule has 0 aromatic carbocycles. The molecule has 0 heterocycles. The molecule has 1 fully saturated rings. The summed E-state index contributed by atoms with van der Waals surface area (Å²) in [5, 5.41) is 0. The summed E-state index contributed by atoms with van der Waals surface area (Å²) in [7, 11) is 0. The van der Waals surface area contributed by atoms with E-state index in [9.17, 15) is 0 Å². The van der Waals surface area contributed by atoms with Crippen LogP contribution < -0.4 is 0 Å². The quantitative estimate of drug-likeness (QED) is 0.431. The lowest BCUT2D eigenvalue weighted by Gasteiger charge is -2.22. The van der Waals surface area contributed by atoms with Crippen LogP contribution in [-0.4, -0.2) is 0 Å². The maximum absolute atomic E-state index is 4.23. The van der Waals surface area contributed by atoms with Gasteiger partial charge in [-0.3, -0.25) is 0 Å². The van der Waals surface area contributed by atoms with Crippen LogP contribution >= 0.6 is 0 Å². The molecule has 18 heavy (non-hydrogen) atoms. The first-order valence-electron chi connectivity index (χ1n) is 7.20. The highest BCUT2D eigenvalue weighted by Crippen LogP contribution is 2.30. The molecule has 100 valence electrons. The van der Waals surface area contributed by atoms with E-state index in [2.05, 4.69) is 51.8 Å². The molecule has 0 amide bonds. The maximum atomic E-state index is 4.23. The van der Waals surface area contributed by atoms with E-state index in [-0.39, 0.29) is 5.41 Å². The summed E-state index contributed by atoms with van der Waals surface area (Å²) in [5.74, 6) is 0.723. The minimum atomic E-state index is 0.165. The van der Waals surface area contributed by atoms with Crippen LogP contribution in [0.5, 0.6) is 0 Å². The topological polar surface area (TPSA) is 0 Å². The molecule has 1 rings (SSSR count). The van der Waals surface area contributed by atoms with Crippen molar-refractivity contribution in [2.45, 2.75) is 59.3 Å². The Balaban J connectivity index is 2.49. The van der Waals surface area contributed by atoms with E-state index in [4.69, 9.17) is 0 Å². The molecule has 0 nitrogen and oxygen atoms in total. The third-order valence-corrected chi connectivity index (χ3v) is 3.90. The van der Waals surface area contributed by atoms with Crippen molar-refractivity contribution in [3.05, 3.63) is 42.2 Å². The van der Waals surface area contributed by atoms with Gasteiger partial charge in [0.05, 0.1) is 0 Å². The highest BCUT2D eigenvalue weighted by molar-refractivity contribution is 5.21. The lowest BCUT2D eigenvalue weighted by atomic mass is 9.83. The minimum absolute atomic E-state index is 0.165. The minimum Gasteiger partial charge on any atom is -0.129 e. The molecule has 0 aromatic rings. The second kappa shape index (κ2) is 6.81. The van der Waals surface area contributed by atoms with E-state index in [1.807, 2.05) is 0 Å².